The molecule has 0 atom stereocenters. The molecule has 0 saturated heterocycles. The van der Waals surface area contributed by atoms with Gasteiger partial charge in [0.05, 0.1) is 0 Å². The fourth-order valence-corrected chi connectivity index (χ4v) is 0.751. The number of rotatable bonds is 4. The lowest BCUT2D eigenvalue weighted by Crippen LogP contribution is -2.01. The molecule has 1 rings (SSSR count). The maximum Gasteiger partial charge on any atom is 0.311 e. The molecule has 0 aliphatic carbocycles. The third-order valence-electron chi connectivity index (χ3n) is 1.17. The van der Waals surface area contributed by atoms with Crippen molar-refractivity contribution in [2.45, 2.75) is 13.0 Å². The standard InChI is InChI=1S/C6H9N3O3/c1-12-3-5-7-4(8-9-5)2-6(10)11/h2-3H2,1H3,(H,10,11)(H,7,8,9). The fraction of sp³-hybridized carbons (Fsp3) is 0.500. The molecule has 0 fully saturated rings. The van der Waals surface area contributed by atoms with E-state index in [1.807, 2.05) is 0 Å². The zero-order chi connectivity index (χ0) is 8.97. The van der Waals surface area contributed by atoms with E-state index >= 15 is 0 Å². The minimum atomic E-state index is -0.935. The summed E-state index contributed by atoms with van der Waals surface area (Å²) in [4.78, 5) is 14.1. The number of hydrogen-bond donors (Lipinski definition) is 2. The highest BCUT2D eigenvalue weighted by atomic mass is 16.5. The minimum Gasteiger partial charge on any atom is -0.481 e. The predicted molar refractivity (Wildman–Crippen MR) is 38.4 cm³/mol. The minimum absolute atomic E-state index is 0.142. The molecule has 12 heavy (non-hydrogen) atoms. The number of hydrogen-bond acceptors (Lipinski definition) is 4. The van der Waals surface area contributed by atoms with Gasteiger partial charge in [-0.2, -0.15) is 5.10 Å². The summed E-state index contributed by atoms with van der Waals surface area (Å²) in [5.74, 6) is -0.126. The number of aromatic amines is 1. The molecule has 0 aliphatic heterocycles. The first-order valence-corrected chi connectivity index (χ1v) is 3.33. The first-order valence-electron chi connectivity index (χ1n) is 3.33. The van der Waals surface area contributed by atoms with Gasteiger partial charge in [-0.15, -0.1) is 0 Å². The van der Waals surface area contributed by atoms with Crippen molar-refractivity contribution < 1.29 is 14.6 Å². The van der Waals surface area contributed by atoms with Crippen LogP contribution in [0.4, 0.5) is 0 Å². The molecule has 0 aliphatic rings. The van der Waals surface area contributed by atoms with Crippen LogP contribution < -0.4 is 0 Å². The lowest BCUT2D eigenvalue weighted by atomic mass is 10.4. The van der Waals surface area contributed by atoms with Gasteiger partial charge in [0.1, 0.15) is 18.9 Å². The molecule has 1 aromatic rings. The van der Waals surface area contributed by atoms with Gasteiger partial charge in [-0.3, -0.25) is 9.89 Å². The van der Waals surface area contributed by atoms with Crippen LogP contribution in [0.1, 0.15) is 11.6 Å². The molecule has 6 nitrogen and oxygen atoms in total. The average Bonchev–Trinajstić information content (AvgIpc) is 2.36. The van der Waals surface area contributed by atoms with Crippen molar-refractivity contribution in [3.8, 4) is 0 Å². The number of aliphatic carboxylic acids is 1. The van der Waals surface area contributed by atoms with E-state index in [-0.39, 0.29) is 13.0 Å². The third kappa shape index (κ3) is 2.31. The Morgan fingerprint density at radius 3 is 3.08 bits per heavy atom. The van der Waals surface area contributed by atoms with Crippen LogP contribution in [0.15, 0.2) is 0 Å². The summed E-state index contributed by atoms with van der Waals surface area (Å²) in [5.41, 5.74) is 0. The third-order valence-corrected chi connectivity index (χ3v) is 1.17. The Balaban J connectivity index is 2.58. The van der Waals surface area contributed by atoms with E-state index in [1.165, 1.54) is 7.11 Å². The van der Waals surface area contributed by atoms with Gasteiger partial charge in [0.15, 0.2) is 5.82 Å². The van der Waals surface area contributed by atoms with Crippen molar-refractivity contribution in [3.05, 3.63) is 11.6 Å². The molecule has 6 heteroatoms. The van der Waals surface area contributed by atoms with Crippen molar-refractivity contribution in [1.29, 1.82) is 0 Å². The van der Waals surface area contributed by atoms with Crippen LogP contribution >= 0.6 is 0 Å². The normalized spacial score (nSPS) is 10.1. The van der Waals surface area contributed by atoms with E-state index in [1.54, 1.807) is 0 Å². The van der Waals surface area contributed by atoms with E-state index in [4.69, 9.17) is 9.84 Å². The molecular formula is C6H9N3O3. The maximum atomic E-state index is 10.2. The van der Waals surface area contributed by atoms with Crippen LogP contribution in [-0.4, -0.2) is 33.4 Å². The van der Waals surface area contributed by atoms with Crippen LogP contribution in [-0.2, 0) is 22.6 Å². The number of carbonyl (C=O) groups is 1. The molecule has 0 bridgehead atoms. The highest BCUT2D eigenvalue weighted by molar-refractivity contribution is 5.68. The van der Waals surface area contributed by atoms with Crippen molar-refractivity contribution in [1.82, 2.24) is 15.2 Å². The van der Waals surface area contributed by atoms with Crippen molar-refractivity contribution >= 4 is 5.97 Å². The second-order valence-electron chi connectivity index (χ2n) is 2.20. The summed E-state index contributed by atoms with van der Waals surface area (Å²) in [6.45, 7) is 0.288. The maximum absolute atomic E-state index is 10.2. The quantitative estimate of drug-likeness (QED) is 0.642. The molecule has 2 N–H and O–H groups in total. The van der Waals surface area contributed by atoms with Crippen LogP contribution in [0, 0.1) is 0 Å². The first-order chi connectivity index (χ1) is 5.72. The van der Waals surface area contributed by atoms with Crippen LogP contribution in [0.3, 0.4) is 0 Å². The van der Waals surface area contributed by atoms with Crippen molar-refractivity contribution in [2.24, 2.45) is 0 Å². The van der Waals surface area contributed by atoms with Gasteiger partial charge in [0, 0.05) is 7.11 Å². The Bertz CT molecular complexity index is 271. The summed E-state index contributed by atoms with van der Waals surface area (Å²) in [6.07, 6.45) is -0.142. The molecule has 1 aromatic heterocycles. The van der Waals surface area contributed by atoms with Gasteiger partial charge in [0.2, 0.25) is 0 Å². The number of ether oxygens (including phenoxy) is 1. The van der Waals surface area contributed by atoms with Gasteiger partial charge in [-0.05, 0) is 0 Å². The molecule has 0 spiro atoms. The molecule has 0 unspecified atom stereocenters. The molecular weight excluding hydrogens is 162 g/mol. The summed E-state index contributed by atoms with van der Waals surface area (Å²) >= 11 is 0. The Labute approximate surface area is 68.6 Å². The summed E-state index contributed by atoms with van der Waals surface area (Å²) in [5, 5.41) is 14.6. The van der Waals surface area contributed by atoms with E-state index in [2.05, 4.69) is 15.2 Å². The lowest BCUT2D eigenvalue weighted by Gasteiger charge is -1.88. The topological polar surface area (TPSA) is 88.1 Å². The SMILES string of the molecule is COCc1n[nH]c(CC(=O)O)n1. The number of nitrogens with one attached hydrogen (secondary N) is 1. The summed E-state index contributed by atoms with van der Waals surface area (Å²) < 4.78 is 4.75. The second-order valence-corrected chi connectivity index (χ2v) is 2.20. The average molecular weight is 171 g/mol. The molecule has 0 saturated carbocycles. The number of aromatic nitrogens is 3. The number of methoxy groups -OCH3 is 1. The zero-order valence-corrected chi connectivity index (χ0v) is 6.57. The Morgan fingerprint density at radius 2 is 2.50 bits per heavy atom. The molecule has 1 heterocycles. The van der Waals surface area contributed by atoms with Gasteiger partial charge in [-0.25, -0.2) is 4.98 Å². The monoisotopic (exact) mass is 171 g/mol. The van der Waals surface area contributed by atoms with Crippen LogP contribution in [0.2, 0.25) is 0 Å². The largest absolute Gasteiger partial charge is 0.481 e. The smallest absolute Gasteiger partial charge is 0.311 e. The Morgan fingerprint density at radius 1 is 1.75 bits per heavy atom. The van der Waals surface area contributed by atoms with Crippen LogP contribution in [0.5, 0.6) is 0 Å². The van der Waals surface area contributed by atoms with E-state index in [9.17, 15) is 4.79 Å². The summed E-state index contributed by atoms with van der Waals surface area (Å²) in [7, 11) is 1.52. The fourth-order valence-electron chi connectivity index (χ4n) is 0.751. The lowest BCUT2D eigenvalue weighted by molar-refractivity contribution is -0.136. The highest BCUT2D eigenvalue weighted by Gasteiger charge is 2.05. The number of H-pyrrole nitrogens is 1. The van der Waals surface area contributed by atoms with Crippen molar-refractivity contribution in [3.63, 3.8) is 0 Å². The van der Waals surface area contributed by atoms with Gasteiger partial charge >= 0.3 is 5.97 Å². The van der Waals surface area contributed by atoms with E-state index < -0.39 is 5.97 Å². The van der Waals surface area contributed by atoms with Crippen LogP contribution in [0.25, 0.3) is 0 Å². The predicted octanol–water partition coefficient (Wildman–Crippen LogP) is -0.422. The van der Waals surface area contributed by atoms with Gasteiger partial charge in [0.25, 0.3) is 0 Å². The second kappa shape index (κ2) is 3.82. The Hall–Kier alpha value is -1.43. The highest BCUT2D eigenvalue weighted by Crippen LogP contribution is 1.94. The zero-order valence-electron chi connectivity index (χ0n) is 6.57. The summed E-state index contributed by atoms with van der Waals surface area (Å²) in [6, 6.07) is 0. The van der Waals surface area contributed by atoms with E-state index in [0.717, 1.165) is 0 Å². The number of carboxylic acids is 1. The molecule has 0 aromatic carbocycles. The Kier molecular flexibility index (Phi) is 2.76. The van der Waals surface area contributed by atoms with Crippen molar-refractivity contribution in [2.75, 3.05) is 7.11 Å². The molecule has 0 radical (unpaired) electrons. The molecule has 66 valence electrons. The van der Waals surface area contributed by atoms with Gasteiger partial charge < -0.3 is 9.84 Å². The van der Waals surface area contributed by atoms with Gasteiger partial charge in [-0.1, -0.05) is 0 Å². The number of carboxylic acid groups (broad SMARTS) is 1. The molecule has 0 amide bonds. The van der Waals surface area contributed by atoms with E-state index in [0.29, 0.717) is 11.6 Å². The number of nitrogens with zero attached hydrogens (tertiary/aromatic N) is 2. The first kappa shape index (κ1) is 8.66.